The lowest BCUT2D eigenvalue weighted by atomic mass is 9.87. The molecule has 1 saturated carbocycles. The Hall–Kier alpha value is -1.63. The van der Waals surface area contributed by atoms with E-state index in [0.29, 0.717) is 6.42 Å². The molecule has 0 aromatic heterocycles. The molecule has 0 radical (unpaired) electrons. The number of hydrogen-bond donors (Lipinski definition) is 1. The van der Waals surface area contributed by atoms with Crippen molar-refractivity contribution in [3.8, 4) is 12.1 Å². The van der Waals surface area contributed by atoms with Gasteiger partial charge >= 0.3 is 0 Å². The zero-order valence-corrected chi connectivity index (χ0v) is 11.6. The minimum atomic E-state index is -1.49. The van der Waals surface area contributed by atoms with E-state index in [-0.39, 0.29) is 5.84 Å². The second kappa shape index (κ2) is 3.69. The fraction of sp³-hybridized carbons (Fsp3) is 0.769. The van der Waals surface area contributed by atoms with Crippen LogP contribution in [0.3, 0.4) is 0 Å². The highest BCUT2D eigenvalue weighted by atomic mass is 16.7. The van der Waals surface area contributed by atoms with E-state index in [2.05, 4.69) is 17.1 Å². The molecule has 1 heterocycles. The molecule has 2 aliphatic rings. The molecule has 0 aromatic carbocycles. The van der Waals surface area contributed by atoms with Gasteiger partial charge in [0.2, 0.25) is 0 Å². The average molecular weight is 262 g/mol. The number of hydrogen-bond acceptors (Lipinski definition) is 6. The number of rotatable bonds is 4. The number of nitriles is 2. The summed E-state index contributed by atoms with van der Waals surface area (Å²) in [7, 11) is 2.83. The van der Waals surface area contributed by atoms with E-state index >= 15 is 0 Å². The van der Waals surface area contributed by atoms with Crippen molar-refractivity contribution in [1.82, 2.24) is 0 Å². The van der Waals surface area contributed by atoms with Crippen molar-refractivity contribution < 1.29 is 9.47 Å². The van der Waals surface area contributed by atoms with Crippen molar-refractivity contribution >= 4 is 5.84 Å². The van der Waals surface area contributed by atoms with Gasteiger partial charge < -0.3 is 15.2 Å². The summed E-state index contributed by atoms with van der Waals surface area (Å²) in [6.45, 7) is 3.89. The van der Waals surface area contributed by atoms with Crippen LogP contribution in [-0.4, -0.2) is 26.0 Å². The Morgan fingerprint density at radius 3 is 2.21 bits per heavy atom. The normalized spacial score (nSPS) is 41.9. The van der Waals surface area contributed by atoms with Crippen LogP contribution in [0.2, 0.25) is 0 Å². The van der Waals surface area contributed by atoms with E-state index in [1.54, 1.807) is 0 Å². The van der Waals surface area contributed by atoms with Gasteiger partial charge in [-0.1, -0.05) is 20.3 Å². The van der Waals surface area contributed by atoms with Crippen molar-refractivity contribution in [2.45, 2.75) is 32.6 Å². The van der Waals surface area contributed by atoms with Crippen molar-refractivity contribution in [2.75, 3.05) is 14.2 Å². The van der Waals surface area contributed by atoms with Gasteiger partial charge in [0.15, 0.2) is 5.41 Å². The van der Waals surface area contributed by atoms with Crippen LogP contribution >= 0.6 is 0 Å². The highest BCUT2D eigenvalue weighted by Crippen LogP contribution is 2.86. The molecule has 0 aromatic rings. The van der Waals surface area contributed by atoms with E-state index in [0.717, 1.165) is 6.42 Å². The van der Waals surface area contributed by atoms with Crippen LogP contribution in [0, 0.1) is 38.9 Å². The molecule has 6 nitrogen and oxygen atoms in total. The standard InChI is InChI=1S/C13H18N4O2/c1-5-6-10(2)11(7-14)9(16)17-13(18-3,19-4)12(10,11)8-15/h5-6H2,1-4H3,(H2,16,17). The molecular formula is C13H18N4O2. The zero-order chi connectivity index (χ0) is 14.5. The van der Waals surface area contributed by atoms with Crippen molar-refractivity contribution in [2.24, 2.45) is 27.0 Å². The molecule has 19 heavy (non-hydrogen) atoms. The van der Waals surface area contributed by atoms with Crippen LogP contribution < -0.4 is 5.73 Å². The molecule has 0 spiro atoms. The van der Waals surface area contributed by atoms with Crippen molar-refractivity contribution in [3.05, 3.63) is 0 Å². The van der Waals surface area contributed by atoms with Crippen molar-refractivity contribution in [1.29, 1.82) is 10.5 Å². The van der Waals surface area contributed by atoms with E-state index in [4.69, 9.17) is 15.2 Å². The molecule has 102 valence electrons. The van der Waals surface area contributed by atoms with E-state index < -0.39 is 22.2 Å². The Bertz CT molecular complexity index is 528. The largest absolute Gasteiger partial charge is 0.386 e. The summed E-state index contributed by atoms with van der Waals surface area (Å²) >= 11 is 0. The number of nitrogens with two attached hydrogens (primary N) is 1. The predicted molar refractivity (Wildman–Crippen MR) is 67.5 cm³/mol. The molecule has 0 bridgehead atoms. The molecular weight excluding hydrogens is 244 g/mol. The Labute approximate surface area is 112 Å². The average Bonchev–Trinajstić information content (AvgIpc) is 2.78. The number of ether oxygens (including phenoxy) is 2. The topological polar surface area (TPSA) is 104 Å². The third-order valence-electron chi connectivity index (χ3n) is 4.92. The maximum atomic E-state index is 9.75. The van der Waals surface area contributed by atoms with Gasteiger partial charge in [0.25, 0.3) is 5.91 Å². The molecule has 0 saturated heterocycles. The minimum absolute atomic E-state index is 0.135. The molecule has 3 unspecified atom stereocenters. The van der Waals surface area contributed by atoms with Crippen LogP contribution in [0.4, 0.5) is 0 Å². The summed E-state index contributed by atoms with van der Waals surface area (Å²) < 4.78 is 10.7. The quantitative estimate of drug-likeness (QED) is 0.765. The molecule has 2 N–H and O–H groups in total. The molecule has 1 fully saturated rings. The Balaban J connectivity index is 2.73. The van der Waals surface area contributed by atoms with Crippen LogP contribution in [0.1, 0.15) is 26.7 Å². The molecule has 0 amide bonds. The molecule has 1 aliphatic carbocycles. The molecule has 2 rings (SSSR count). The second-order valence-electron chi connectivity index (χ2n) is 5.29. The third kappa shape index (κ3) is 0.959. The Morgan fingerprint density at radius 2 is 1.84 bits per heavy atom. The highest BCUT2D eigenvalue weighted by Gasteiger charge is 2.98. The first-order valence-corrected chi connectivity index (χ1v) is 6.22. The number of fused-ring (bicyclic) bond motifs is 1. The molecule has 6 heteroatoms. The lowest BCUT2D eigenvalue weighted by Gasteiger charge is -2.31. The molecule has 3 atom stereocenters. The Morgan fingerprint density at radius 1 is 1.26 bits per heavy atom. The number of methoxy groups -OCH3 is 2. The third-order valence-corrected chi connectivity index (χ3v) is 4.92. The molecule has 1 aliphatic heterocycles. The first-order chi connectivity index (χ1) is 8.93. The maximum absolute atomic E-state index is 9.75. The number of amidine groups is 1. The maximum Gasteiger partial charge on any atom is 0.292 e. The lowest BCUT2D eigenvalue weighted by molar-refractivity contribution is -0.236. The van der Waals surface area contributed by atoms with E-state index in [9.17, 15) is 10.5 Å². The second-order valence-corrected chi connectivity index (χ2v) is 5.29. The lowest BCUT2D eigenvalue weighted by Crippen LogP contribution is -2.43. The van der Waals surface area contributed by atoms with Gasteiger partial charge in [0, 0.05) is 19.6 Å². The SMILES string of the molecule is CCCC1(C)C2(C#N)C(N)=NC(OC)(OC)C12C#N. The fourth-order valence-electron chi connectivity index (χ4n) is 4.07. The summed E-state index contributed by atoms with van der Waals surface area (Å²) in [5, 5.41) is 19.4. The van der Waals surface area contributed by atoms with Gasteiger partial charge in [-0.05, 0) is 6.42 Å². The highest BCUT2D eigenvalue weighted by molar-refractivity contribution is 6.00. The van der Waals surface area contributed by atoms with Crippen LogP contribution in [0.15, 0.2) is 4.99 Å². The summed E-state index contributed by atoms with van der Waals surface area (Å²) in [4.78, 5) is 4.16. The van der Waals surface area contributed by atoms with Crippen LogP contribution in [0.5, 0.6) is 0 Å². The van der Waals surface area contributed by atoms with Gasteiger partial charge in [-0.3, -0.25) is 0 Å². The first kappa shape index (κ1) is 13.8. The zero-order valence-electron chi connectivity index (χ0n) is 11.6. The summed E-state index contributed by atoms with van der Waals surface area (Å²) in [5.74, 6) is -1.36. The monoisotopic (exact) mass is 262 g/mol. The van der Waals surface area contributed by atoms with Gasteiger partial charge in [-0.2, -0.15) is 10.5 Å². The summed E-state index contributed by atoms with van der Waals surface area (Å²) in [5.41, 5.74) is 3.04. The van der Waals surface area contributed by atoms with E-state index in [1.165, 1.54) is 14.2 Å². The summed E-state index contributed by atoms with van der Waals surface area (Å²) in [6.07, 6.45) is 1.51. The summed E-state index contributed by atoms with van der Waals surface area (Å²) in [6, 6.07) is 4.45. The van der Waals surface area contributed by atoms with E-state index in [1.807, 2.05) is 13.8 Å². The number of aliphatic imine (C=N–C) groups is 1. The van der Waals surface area contributed by atoms with Gasteiger partial charge in [0.1, 0.15) is 11.3 Å². The predicted octanol–water partition coefficient (Wildman–Crippen LogP) is 1.14. The minimum Gasteiger partial charge on any atom is -0.386 e. The first-order valence-electron chi connectivity index (χ1n) is 6.22. The van der Waals surface area contributed by atoms with Crippen LogP contribution in [0.25, 0.3) is 0 Å². The Kier molecular flexibility index (Phi) is 2.68. The smallest absolute Gasteiger partial charge is 0.292 e. The van der Waals surface area contributed by atoms with Gasteiger partial charge in [0.05, 0.1) is 12.1 Å². The van der Waals surface area contributed by atoms with Gasteiger partial charge in [-0.15, -0.1) is 0 Å². The van der Waals surface area contributed by atoms with Crippen LogP contribution in [-0.2, 0) is 9.47 Å². The van der Waals surface area contributed by atoms with Crippen molar-refractivity contribution in [3.63, 3.8) is 0 Å². The fourth-order valence-corrected chi connectivity index (χ4v) is 4.07. The van der Waals surface area contributed by atoms with Gasteiger partial charge in [-0.25, -0.2) is 4.99 Å². The number of nitrogens with zero attached hydrogens (tertiary/aromatic N) is 3.